The molecule has 3 rings (SSSR count). The molecule has 0 atom stereocenters. The molecule has 0 bridgehead atoms. The molecule has 24 heavy (non-hydrogen) atoms. The molecule has 0 spiro atoms. The zero-order chi connectivity index (χ0) is 16.6. The predicted octanol–water partition coefficient (Wildman–Crippen LogP) is 1.72. The van der Waals surface area contributed by atoms with E-state index in [4.69, 9.17) is 10.5 Å². The van der Waals surface area contributed by atoms with Crippen molar-refractivity contribution in [3.05, 3.63) is 23.8 Å². The number of hydrogen-bond donors (Lipinski definition) is 2. The monoisotopic (exact) mass is 332 g/mol. The third-order valence-corrected chi connectivity index (χ3v) is 5.07. The Balaban J connectivity index is 1.32. The van der Waals surface area contributed by atoms with Crippen molar-refractivity contribution in [2.75, 3.05) is 69.7 Å². The van der Waals surface area contributed by atoms with Gasteiger partial charge in [0.1, 0.15) is 0 Å². The number of rotatable bonds is 8. The fraction of sp³-hybridized carbons (Fsp3) is 0.684. The summed E-state index contributed by atoms with van der Waals surface area (Å²) >= 11 is 0. The Hall–Kier alpha value is -1.30. The maximum atomic E-state index is 6.26. The summed E-state index contributed by atoms with van der Waals surface area (Å²) in [5.74, 6) is 0. The van der Waals surface area contributed by atoms with Crippen LogP contribution in [-0.2, 0) is 11.2 Å². The first kappa shape index (κ1) is 17.5. The molecule has 0 radical (unpaired) electrons. The minimum atomic E-state index is 0.884. The number of anilines is 2. The number of nitrogens with zero attached hydrogens (tertiary/aromatic N) is 2. The van der Waals surface area contributed by atoms with Crippen molar-refractivity contribution in [3.63, 3.8) is 0 Å². The van der Waals surface area contributed by atoms with E-state index >= 15 is 0 Å². The number of aryl methyl sites for hydroxylation is 1. The van der Waals surface area contributed by atoms with Gasteiger partial charge in [0.25, 0.3) is 0 Å². The summed E-state index contributed by atoms with van der Waals surface area (Å²) in [5, 5.41) is 3.55. The second-order valence-electron chi connectivity index (χ2n) is 6.89. The highest BCUT2D eigenvalue weighted by atomic mass is 16.5. The lowest BCUT2D eigenvalue weighted by atomic mass is 10.1. The molecule has 0 amide bonds. The van der Waals surface area contributed by atoms with E-state index in [0.29, 0.717) is 0 Å². The fourth-order valence-corrected chi connectivity index (χ4v) is 3.61. The average Bonchev–Trinajstić information content (AvgIpc) is 3.13. The Morgan fingerprint density at radius 1 is 1.04 bits per heavy atom. The predicted molar refractivity (Wildman–Crippen MR) is 101 cm³/mol. The maximum Gasteiger partial charge on any atom is 0.0600 e. The number of ether oxygens (including phenoxy) is 1. The van der Waals surface area contributed by atoms with E-state index in [0.717, 1.165) is 77.6 Å². The lowest BCUT2D eigenvalue weighted by Gasteiger charge is -2.26. The van der Waals surface area contributed by atoms with E-state index in [1.165, 1.54) is 24.1 Å². The average molecular weight is 332 g/mol. The first-order chi connectivity index (χ1) is 11.8. The van der Waals surface area contributed by atoms with Crippen molar-refractivity contribution < 1.29 is 4.74 Å². The molecule has 0 aliphatic carbocycles. The smallest absolute Gasteiger partial charge is 0.0600 e. The van der Waals surface area contributed by atoms with Crippen LogP contribution in [0, 0.1) is 0 Å². The van der Waals surface area contributed by atoms with Gasteiger partial charge in [0.2, 0.25) is 0 Å². The summed E-state index contributed by atoms with van der Waals surface area (Å²) in [6.45, 7) is 9.47. The second kappa shape index (κ2) is 9.25. The van der Waals surface area contributed by atoms with Crippen LogP contribution in [0.5, 0.6) is 0 Å². The Morgan fingerprint density at radius 2 is 1.83 bits per heavy atom. The third kappa shape index (κ3) is 5.10. The highest BCUT2D eigenvalue weighted by Crippen LogP contribution is 2.27. The molecule has 2 heterocycles. The van der Waals surface area contributed by atoms with Gasteiger partial charge >= 0.3 is 0 Å². The van der Waals surface area contributed by atoms with Crippen LogP contribution in [-0.4, -0.2) is 63.9 Å². The van der Waals surface area contributed by atoms with Gasteiger partial charge in [0.15, 0.2) is 0 Å². The molecule has 0 aromatic heterocycles. The molecule has 2 saturated heterocycles. The third-order valence-electron chi connectivity index (χ3n) is 5.07. The van der Waals surface area contributed by atoms with Crippen LogP contribution in [0.1, 0.15) is 24.8 Å². The molecular formula is C19H32N4O. The fourth-order valence-electron chi connectivity index (χ4n) is 3.61. The zero-order valence-corrected chi connectivity index (χ0v) is 14.8. The van der Waals surface area contributed by atoms with Crippen LogP contribution in [0.25, 0.3) is 0 Å². The van der Waals surface area contributed by atoms with E-state index in [1.54, 1.807) is 0 Å². The van der Waals surface area contributed by atoms with Gasteiger partial charge in [-0.3, -0.25) is 4.90 Å². The summed E-state index contributed by atoms with van der Waals surface area (Å²) < 4.78 is 5.37. The van der Waals surface area contributed by atoms with Crippen LogP contribution in [0.15, 0.2) is 18.2 Å². The van der Waals surface area contributed by atoms with E-state index < -0.39 is 0 Å². The van der Waals surface area contributed by atoms with E-state index in [9.17, 15) is 0 Å². The molecule has 1 aromatic rings. The summed E-state index contributed by atoms with van der Waals surface area (Å²) in [7, 11) is 0. The van der Waals surface area contributed by atoms with Crippen molar-refractivity contribution in [2.45, 2.75) is 25.7 Å². The molecule has 0 unspecified atom stereocenters. The number of benzene rings is 1. The Labute approximate surface area is 146 Å². The Kier molecular flexibility index (Phi) is 6.75. The maximum absolute atomic E-state index is 6.26. The van der Waals surface area contributed by atoms with Crippen molar-refractivity contribution in [1.82, 2.24) is 10.2 Å². The van der Waals surface area contributed by atoms with E-state index in [1.807, 2.05) is 0 Å². The number of nitrogens with two attached hydrogens (primary N) is 1. The number of morpholine rings is 1. The quantitative estimate of drug-likeness (QED) is 0.561. The summed E-state index contributed by atoms with van der Waals surface area (Å²) in [4.78, 5) is 4.88. The molecule has 2 aliphatic heterocycles. The first-order valence-electron chi connectivity index (χ1n) is 9.47. The van der Waals surface area contributed by atoms with E-state index in [2.05, 4.69) is 33.3 Å². The van der Waals surface area contributed by atoms with Crippen LogP contribution < -0.4 is 16.0 Å². The van der Waals surface area contributed by atoms with Crippen molar-refractivity contribution in [3.8, 4) is 0 Å². The molecular weight excluding hydrogens is 300 g/mol. The first-order valence-corrected chi connectivity index (χ1v) is 9.47. The highest BCUT2D eigenvalue weighted by molar-refractivity contribution is 5.68. The van der Waals surface area contributed by atoms with Crippen LogP contribution >= 0.6 is 0 Å². The highest BCUT2D eigenvalue weighted by Gasteiger charge is 2.14. The summed E-state index contributed by atoms with van der Waals surface area (Å²) in [6.07, 6.45) is 4.83. The van der Waals surface area contributed by atoms with Crippen molar-refractivity contribution >= 4 is 11.4 Å². The largest absolute Gasteiger partial charge is 0.397 e. The minimum Gasteiger partial charge on any atom is -0.397 e. The van der Waals surface area contributed by atoms with Gasteiger partial charge in [-0.05, 0) is 49.9 Å². The van der Waals surface area contributed by atoms with Gasteiger partial charge in [-0.15, -0.1) is 0 Å². The van der Waals surface area contributed by atoms with Crippen LogP contribution in [0.2, 0.25) is 0 Å². The second-order valence-corrected chi connectivity index (χ2v) is 6.89. The molecule has 3 N–H and O–H groups in total. The molecule has 2 aliphatic rings. The molecule has 2 fully saturated rings. The van der Waals surface area contributed by atoms with Gasteiger partial charge in [0, 0.05) is 39.3 Å². The van der Waals surface area contributed by atoms with Crippen LogP contribution in [0.3, 0.4) is 0 Å². The normalized spacial score (nSPS) is 19.1. The minimum absolute atomic E-state index is 0.884. The summed E-state index contributed by atoms with van der Waals surface area (Å²) in [5.41, 5.74) is 9.78. The molecule has 5 nitrogen and oxygen atoms in total. The summed E-state index contributed by atoms with van der Waals surface area (Å²) in [6, 6.07) is 6.63. The van der Waals surface area contributed by atoms with Gasteiger partial charge in [-0.2, -0.15) is 0 Å². The van der Waals surface area contributed by atoms with Crippen molar-refractivity contribution in [1.29, 1.82) is 0 Å². The van der Waals surface area contributed by atoms with Gasteiger partial charge in [0.05, 0.1) is 24.6 Å². The molecule has 1 aromatic carbocycles. The van der Waals surface area contributed by atoms with Crippen molar-refractivity contribution in [2.24, 2.45) is 0 Å². The van der Waals surface area contributed by atoms with E-state index in [-0.39, 0.29) is 0 Å². The lowest BCUT2D eigenvalue weighted by molar-refractivity contribution is 0.0384. The standard InChI is InChI=1S/C19H32N4O/c20-18-16-17(5-6-19(18)23-9-1-2-10-23)4-3-7-21-8-11-22-12-14-24-15-13-22/h5-6,16,21H,1-4,7-15,20H2. The lowest BCUT2D eigenvalue weighted by Crippen LogP contribution is -2.40. The number of nitrogens with one attached hydrogen (secondary N) is 1. The van der Waals surface area contributed by atoms with Crippen LogP contribution in [0.4, 0.5) is 11.4 Å². The molecule has 5 heteroatoms. The Morgan fingerprint density at radius 3 is 2.58 bits per heavy atom. The number of nitrogen functional groups attached to an aromatic ring is 1. The zero-order valence-electron chi connectivity index (χ0n) is 14.8. The van der Waals surface area contributed by atoms with Gasteiger partial charge < -0.3 is 20.7 Å². The van der Waals surface area contributed by atoms with Gasteiger partial charge in [-0.25, -0.2) is 0 Å². The number of hydrogen-bond acceptors (Lipinski definition) is 5. The molecule has 134 valence electrons. The molecule has 0 saturated carbocycles. The topological polar surface area (TPSA) is 53.8 Å². The van der Waals surface area contributed by atoms with Gasteiger partial charge in [-0.1, -0.05) is 6.07 Å². The Bertz CT molecular complexity index is 496. The SMILES string of the molecule is Nc1cc(CCCNCCN2CCOCC2)ccc1N1CCCC1.